The third-order valence-corrected chi connectivity index (χ3v) is 3.94. The molecule has 1 saturated heterocycles. The van der Waals surface area contributed by atoms with E-state index < -0.39 is 0 Å². The van der Waals surface area contributed by atoms with Gasteiger partial charge in [0.25, 0.3) is 0 Å². The molecule has 0 aromatic heterocycles. The maximum absolute atomic E-state index is 6.46. The number of nitrogens with two attached hydrogens (primary N) is 1. The van der Waals surface area contributed by atoms with Crippen molar-refractivity contribution in [3.8, 4) is 0 Å². The molecule has 2 nitrogen and oxygen atoms in total. The average Bonchev–Trinajstić information content (AvgIpc) is 2.79. The van der Waals surface area contributed by atoms with Gasteiger partial charge in [0, 0.05) is 18.8 Å². The highest BCUT2D eigenvalue weighted by atomic mass is 16.5. The Kier molecular flexibility index (Phi) is 2.85. The van der Waals surface area contributed by atoms with Crippen molar-refractivity contribution in [1.29, 1.82) is 0 Å². The van der Waals surface area contributed by atoms with Crippen molar-refractivity contribution in [3.05, 3.63) is 0 Å². The minimum Gasteiger partial charge on any atom is -0.381 e. The quantitative estimate of drug-likeness (QED) is 0.752. The summed E-state index contributed by atoms with van der Waals surface area (Å²) in [5.74, 6) is 2.33. The number of rotatable bonds is 3. The van der Waals surface area contributed by atoms with Gasteiger partial charge in [0.05, 0.1) is 0 Å². The summed E-state index contributed by atoms with van der Waals surface area (Å²) in [5.41, 5.74) is 6.65. The Hall–Kier alpha value is -0.0800. The molecule has 2 atom stereocenters. The Bertz CT molecular complexity index is 198. The van der Waals surface area contributed by atoms with E-state index in [4.69, 9.17) is 10.5 Å². The predicted molar refractivity (Wildman–Crippen MR) is 58.0 cm³/mol. The van der Waals surface area contributed by atoms with Crippen molar-refractivity contribution in [2.75, 3.05) is 13.2 Å². The second-order valence-electron chi connectivity index (χ2n) is 5.53. The smallest absolute Gasteiger partial charge is 0.0469 e. The van der Waals surface area contributed by atoms with Crippen LogP contribution in [0, 0.1) is 17.8 Å². The van der Waals surface area contributed by atoms with Crippen LogP contribution in [0.15, 0.2) is 0 Å². The van der Waals surface area contributed by atoms with Crippen LogP contribution in [0.5, 0.6) is 0 Å². The number of hydrogen-bond acceptors (Lipinski definition) is 2. The summed E-state index contributed by atoms with van der Waals surface area (Å²) in [5, 5.41) is 0. The molecule has 1 aliphatic heterocycles. The Morgan fingerprint density at radius 3 is 2.57 bits per heavy atom. The fourth-order valence-corrected chi connectivity index (χ4v) is 2.97. The molecule has 1 heterocycles. The monoisotopic (exact) mass is 197 g/mol. The van der Waals surface area contributed by atoms with E-state index in [1.54, 1.807) is 0 Å². The topological polar surface area (TPSA) is 35.2 Å². The lowest BCUT2D eigenvalue weighted by atomic mass is 9.87. The number of hydrogen-bond donors (Lipinski definition) is 1. The summed E-state index contributed by atoms with van der Waals surface area (Å²) >= 11 is 0. The van der Waals surface area contributed by atoms with E-state index in [1.807, 2.05) is 0 Å². The standard InChI is InChI=1S/C12H23NO/c1-9(2)7-11-8-12(11,13)10-3-5-14-6-4-10/h9-11H,3-8,13H2,1-2H3. The third kappa shape index (κ3) is 1.96. The van der Waals surface area contributed by atoms with E-state index in [0.717, 1.165) is 31.0 Å². The largest absolute Gasteiger partial charge is 0.381 e. The molecular weight excluding hydrogens is 174 g/mol. The second-order valence-corrected chi connectivity index (χ2v) is 5.53. The first kappa shape index (κ1) is 10.4. The Morgan fingerprint density at radius 2 is 2.00 bits per heavy atom. The highest BCUT2D eigenvalue weighted by Gasteiger charge is 2.55. The first-order valence-electron chi connectivity index (χ1n) is 5.99. The van der Waals surface area contributed by atoms with Crippen LogP contribution in [0.1, 0.15) is 39.5 Å². The SMILES string of the molecule is CC(C)CC1CC1(N)C1CCOCC1. The van der Waals surface area contributed by atoms with Crippen LogP contribution in [0.3, 0.4) is 0 Å². The van der Waals surface area contributed by atoms with E-state index in [0.29, 0.717) is 0 Å². The van der Waals surface area contributed by atoms with Crippen LogP contribution in [0.25, 0.3) is 0 Å². The van der Waals surface area contributed by atoms with Gasteiger partial charge in [-0.2, -0.15) is 0 Å². The van der Waals surface area contributed by atoms with Crippen LogP contribution < -0.4 is 5.73 Å². The molecule has 0 amide bonds. The van der Waals surface area contributed by atoms with Crippen molar-refractivity contribution in [2.45, 2.75) is 45.1 Å². The molecule has 0 bridgehead atoms. The summed E-state index contributed by atoms with van der Waals surface area (Å²) in [7, 11) is 0. The maximum atomic E-state index is 6.46. The van der Waals surface area contributed by atoms with Gasteiger partial charge >= 0.3 is 0 Å². The second kappa shape index (κ2) is 3.82. The van der Waals surface area contributed by atoms with Gasteiger partial charge in [-0.05, 0) is 43.4 Å². The van der Waals surface area contributed by atoms with Crippen molar-refractivity contribution in [2.24, 2.45) is 23.5 Å². The zero-order chi connectivity index (χ0) is 10.2. The molecule has 1 saturated carbocycles. The van der Waals surface area contributed by atoms with E-state index in [-0.39, 0.29) is 5.54 Å². The highest BCUT2D eigenvalue weighted by molar-refractivity contribution is 5.11. The lowest BCUT2D eigenvalue weighted by Gasteiger charge is -2.29. The molecule has 82 valence electrons. The Morgan fingerprint density at radius 1 is 1.36 bits per heavy atom. The summed E-state index contributed by atoms with van der Waals surface area (Å²) in [6.45, 7) is 6.45. The maximum Gasteiger partial charge on any atom is 0.0469 e. The minimum absolute atomic E-state index is 0.189. The summed E-state index contributed by atoms with van der Waals surface area (Å²) in [6, 6.07) is 0. The summed E-state index contributed by atoms with van der Waals surface area (Å²) in [6.07, 6.45) is 4.94. The van der Waals surface area contributed by atoms with Crippen LogP contribution in [-0.2, 0) is 4.74 Å². The molecule has 2 rings (SSSR count). The average molecular weight is 197 g/mol. The Labute approximate surface area is 87.2 Å². The van der Waals surface area contributed by atoms with Crippen LogP contribution in [0.4, 0.5) is 0 Å². The molecule has 2 aliphatic rings. The zero-order valence-electron chi connectivity index (χ0n) is 9.46. The van der Waals surface area contributed by atoms with Crippen LogP contribution >= 0.6 is 0 Å². The highest BCUT2D eigenvalue weighted by Crippen LogP contribution is 2.52. The van der Waals surface area contributed by atoms with Crippen LogP contribution in [0.2, 0.25) is 0 Å². The third-order valence-electron chi connectivity index (χ3n) is 3.94. The summed E-state index contributed by atoms with van der Waals surface area (Å²) in [4.78, 5) is 0. The molecule has 2 N–H and O–H groups in total. The van der Waals surface area contributed by atoms with Gasteiger partial charge in [-0.1, -0.05) is 13.8 Å². The van der Waals surface area contributed by atoms with E-state index in [1.165, 1.54) is 25.7 Å². The first-order chi connectivity index (χ1) is 6.63. The minimum atomic E-state index is 0.189. The number of ether oxygens (including phenoxy) is 1. The fraction of sp³-hybridized carbons (Fsp3) is 1.00. The van der Waals surface area contributed by atoms with Gasteiger partial charge < -0.3 is 10.5 Å². The molecule has 2 heteroatoms. The molecule has 1 aliphatic carbocycles. The molecular formula is C12H23NO. The van der Waals surface area contributed by atoms with Gasteiger partial charge in [0.15, 0.2) is 0 Å². The lowest BCUT2D eigenvalue weighted by Crippen LogP contribution is -2.38. The lowest BCUT2D eigenvalue weighted by molar-refractivity contribution is 0.0525. The van der Waals surface area contributed by atoms with Gasteiger partial charge in [-0.25, -0.2) is 0 Å². The fourth-order valence-electron chi connectivity index (χ4n) is 2.97. The van der Waals surface area contributed by atoms with Crippen molar-refractivity contribution >= 4 is 0 Å². The molecule has 0 radical (unpaired) electrons. The Balaban J connectivity index is 1.85. The van der Waals surface area contributed by atoms with Gasteiger partial charge in [0.1, 0.15) is 0 Å². The zero-order valence-corrected chi connectivity index (χ0v) is 9.46. The van der Waals surface area contributed by atoms with Gasteiger partial charge in [-0.15, -0.1) is 0 Å². The molecule has 2 unspecified atom stereocenters. The summed E-state index contributed by atoms with van der Waals surface area (Å²) < 4.78 is 5.38. The van der Waals surface area contributed by atoms with Crippen molar-refractivity contribution in [1.82, 2.24) is 0 Å². The van der Waals surface area contributed by atoms with Crippen LogP contribution in [-0.4, -0.2) is 18.8 Å². The molecule has 0 spiro atoms. The predicted octanol–water partition coefficient (Wildman–Crippen LogP) is 2.18. The van der Waals surface area contributed by atoms with Gasteiger partial charge in [-0.3, -0.25) is 0 Å². The van der Waals surface area contributed by atoms with E-state index in [2.05, 4.69) is 13.8 Å². The molecule has 0 aromatic rings. The molecule has 0 aromatic carbocycles. The van der Waals surface area contributed by atoms with E-state index >= 15 is 0 Å². The van der Waals surface area contributed by atoms with E-state index in [9.17, 15) is 0 Å². The normalized spacial score (nSPS) is 39.0. The van der Waals surface area contributed by atoms with Crippen molar-refractivity contribution < 1.29 is 4.74 Å². The molecule has 2 fully saturated rings. The first-order valence-corrected chi connectivity index (χ1v) is 5.99. The molecule has 14 heavy (non-hydrogen) atoms. The van der Waals surface area contributed by atoms with Crippen molar-refractivity contribution in [3.63, 3.8) is 0 Å². The van der Waals surface area contributed by atoms with Gasteiger partial charge in [0.2, 0.25) is 0 Å².